The molecule has 0 aliphatic carbocycles. The van der Waals surface area contributed by atoms with Gasteiger partial charge in [-0.2, -0.15) is 0 Å². The Bertz CT molecular complexity index is 402. The van der Waals surface area contributed by atoms with Crippen LogP contribution in [-0.2, 0) is 0 Å². The molecule has 0 fully saturated rings. The number of aryl methyl sites for hydroxylation is 1. The van der Waals surface area contributed by atoms with Crippen molar-refractivity contribution in [3.8, 4) is 0 Å². The van der Waals surface area contributed by atoms with Crippen LogP contribution < -0.4 is 5.01 Å². The van der Waals surface area contributed by atoms with Crippen molar-refractivity contribution in [3.05, 3.63) is 34.7 Å². The van der Waals surface area contributed by atoms with Crippen molar-refractivity contribution in [2.75, 3.05) is 18.1 Å². The molecule has 1 rings (SSSR count). The largest absolute Gasteiger partial charge is 0.347 e. The van der Waals surface area contributed by atoms with Gasteiger partial charge in [-0.1, -0.05) is 18.2 Å². The number of amides is 2. The van der Waals surface area contributed by atoms with Crippen LogP contribution in [0.5, 0.6) is 0 Å². The minimum atomic E-state index is -0.390. The van der Waals surface area contributed by atoms with Crippen LogP contribution in [-0.4, -0.2) is 24.0 Å². The van der Waals surface area contributed by atoms with E-state index in [9.17, 15) is 9.70 Å². The maximum Gasteiger partial charge on any atom is 0.347 e. The van der Waals surface area contributed by atoms with E-state index in [4.69, 9.17) is 0 Å². The number of hydrogen-bond donors (Lipinski definition) is 0. The van der Waals surface area contributed by atoms with Gasteiger partial charge < -0.3 is 4.90 Å². The first kappa shape index (κ1) is 13.2. The Kier molecular flexibility index (Phi) is 4.63. The third-order valence-electron chi connectivity index (χ3n) is 2.64. The number of hydrogen-bond acceptors (Lipinski definition) is 3. The quantitative estimate of drug-likeness (QED) is 0.595. The number of rotatable bonds is 4. The fourth-order valence-electron chi connectivity index (χ4n) is 1.61. The van der Waals surface area contributed by atoms with Gasteiger partial charge >= 0.3 is 6.03 Å². The highest BCUT2D eigenvalue weighted by Gasteiger charge is 2.22. The number of anilines is 1. The molecule has 0 unspecified atom stereocenters. The van der Waals surface area contributed by atoms with E-state index in [0.29, 0.717) is 18.8 Å². The van der Waals surface area contributed by atoms with Crippen LogP contribution in [0.2, 0.25) is 0 Å². The Morgan fingerprint density at radius 3 is 2.29 bits per heavy atom. The summed E-state index contributed by atoms with van der Waals surface area (Å²) in [5, 5.41) is 3.73. The average Bonchev–Trinajstić information content (AvgIpc) is 2.34. The lowest BCUT2D eigenvalue weighted by molar-refractivity contribution is 0.210. The molecule has 1 aromatic rings. The predicted molar refractivity (Wildman–Crippen MR) is 67.8 cm³/mol. The van der Waals surface area contributed by atoms with E-state index in [2.05, 4.69) is 5.29 Å². The van der Waals surface area contributed by atoms with Crippen LogP contribution in [0.25, 0.3) is 0 Å². The zero-order chi connectivity index (χ0) is 12.8. The van der Waals surface area contributed by atoms with Gasteiger partial charge in [0.2, 0.25) is 0 Å². The molecule has 2 amide bonds. The molecule has 5 heteroatoms. The lowest BCUT2D eigenvalue weighted by atomic mass is 10.2. The summed E-state index contributed by atoms with van der Waals surface area (Å²) in [5.41, 5.74) is 1.37. The highest BCUT2D eigenvalue weighted by molar-refractivity contribution is 5.92. The summed E-state index contributed by atoms with van der Waals surface area (Å²) < 4.78 is 0. The van der Waals surface area contributed by atoms with Crippen LogP contribution in [0.4, 0.5) is 10.5 Å². The van der Waals surface area contributed by atoms with E-state index in [-0.39, 0.29) is 6.03 Å². The fourth-order valence-corrected chi connectivity index (χ4v) is 1.61. The first-order valence-electron chi connectivity index (χ1n) is 5.63. The Morgan fingerprint density at radius 2 is 1.82 bits per heavy atom. The average molecular weight is 235 g/mol. The van der Waals surface area contributed by atoms with Gasteiger partial charge in [-0.25, -0.2) is 4.79 Å². The van der Waals surface area contributed by atoms with Crippen molar-refractivity contribution in [1.82, 2.24) is 4.90 Å². The summed E-state index contributed by atoms with van der Waals surface area (Å²) in [6.45, 7) is 6.66. The van der Waals surface area contributed by atoms with Crippen molar-refractivity contribution in [1.29, 1.82) is 0 Å². The van der Waals surface area contributed by atoms with Crippen molar-refractivity contribution in [2.45, 2.75) is 20.8 Å². The second-order valence-corrected chi connectivity index (χ2v) is 3.63. The van der Waals surface area contributed by atoms with Crippen LogP contribution in [0.15, 0.2) is 29.6 Å². The Labute approximate surface area is 101 Å². The maximum absolute atomic E-state index is 12.0. The molecular weight excluding hydrogens is 218 g/mol. The number of urea groups is 1. The third-order valence-corrected chi connectivity index (χ3v) is 2.64. The molecule has 0 atom stereocenters. The molecule has 0 heterocycles. The molecule has 0 bridgehead atoms. The molecule has 92 valence electrons. The summed E-state index contributed by atoms with van der Waals surface area (Å²) in [6, 6.07) is 6.78. The van der Waals surface area contributed by atoms with Crippen molar-refractivity contribution < 1.29 is 4.79 Å². The van der Waals surface area contributed by atoms with Crippen LogP contribution in [0.3, 0.4) is 0 Å². The van der Waals surface area contributed by atoms with Gasteiger partial charge in [0.1, 0.15) is 0 Å². The Morgan fingerprint density at radius 1 is 1.24 bits per heavy atom. The molecule has 0 saturated heterocycles. The van der Waals surface area contributed by atoms with E-state index in [1.165, 1.54) is 0 Å². The number of para-hydroxylation sites is 1. The number of benzene rings is 1. The Balaban J connectivity index is 3.04. The van der Waals surface area contributed by atoms with Gasteiger partial charge in [-0.15, -0.1) is 9.92 Å². The summed E-state index contributed by atoms with van der Waals surface area (Å²) in [4.78, 5) is 24.5. The smallest absolute Gasteiger partial charge is 0.323 e. The number of nitrogens with zero attached hydrogens (tertiary/aromatic N) is 3. The molecule has 17 heavy (non-hydrogen) atoms. The molecular formula is C12H17N3O2. The third kappa shape index (κ3) is 2.81. The molecule has 1 aromatic carbocycles. The monoisotopic (exact) mass is 235 g/mol. The van der Waals surface area contributed by atoms with E-state index < -0.39 is 0 Å². The highest BCUT2D eigenvalue weighted by atomic mass is 16.3. The highest BCUT2D eigenvalue weighted by Crippen LogP contribution is 2.21. The standard InChI is InChI=1S/C12H17N3O2/c1-4-14(5-2)12(16)15(13-17)11-9-7-6-8-10(11)3/h6-9H,4-5H2,1-3H3. The van der Waals surface area contributed by atoms with Gasteiger partial charge in [-0.05, 0) is 32.4 Å². The van der Waals surface area contributed by atoms with Crippen LogP contribution >= 0.6 is 0 Å². The van der Waals surface area contributed by atoms with E-state index in [1.807, 2.05) is 32.9 Å². The molecule has 0 spiro atoms. The zero-order valence-electron chi connectivity index (χ0n) is 10.4. The van der Waals surface area contributed by atoms with Crippen LogP contribution in [0, 0.1) is 11.8 Å². The molecule has 5 nitrogen and oxygen atoms in total. The molecule has 0 radical (unpaired) electrons. The van der Waals surface area contributed by atoms with Gasteiger partial charge in [0.15, 0.2) is 0 Å². The van der Waals surface area contributed by atoms with Crippen LogP contribution in [0.1, 0.15) is 19.4 Å². The second kappa shape index (κ2) is 5.98. The summed E-state index contributed by atoms with van der Waals surface area (Å²) in [7, 11) is 0. The second-order valence-electron chi connectivity index (χ2n) is 3.63. The maximum atomic E-state index is 12.0. The minimum absolute atomic E-state index is 0.390. The minimum Gasteiger partial charge on any atom is -0.323 e. The van der Waals surface area contributed by atoms with Crippen molar-refractivity contribution in [2.24, 2.45) is 5.29 Å². The number of carbonyl (C=O) groups is 1. The normalized spacial score (nSPS) is 9.82. The first-order chi connectivity index (χ1) is 8.15. The molecule has 0 aromatic heterocycles. The lowest BCUT2D eigenvalue weighted by Crippen LogP contribution is -2.40. The van der Waals surface area contributed by atoms with Crippen molar-refractivity contribution >= 4 is 11.7 Å². The van der Waals surface area contributed by atoms with E-state index in [1.54, 1.807) is 17.0 Å². The molecule has 0 aliphatic rings. The lowest BCUT2D eigenvalue weighted by Gasteiger charge is -2.24. The van der Waals surface area contributed by atoms with E-state index >= 15 is 0 Å². The Hall–Kier alpha value is -1.91. The zero-order valence-corrected chi connectivity index (χ0v) is 10.4. The molecule has 0 saturated carbocycles. The molecule has 0 aliphatic heterocycles. The van der Waals surface area contributed by atoms with Gasteiger partial charge in [0, 0.05) is 13.1 Å². The fraction of sp³-hybridized carbons (Fsp3) is 0.417. The van der Waals surface area contributed by atoms with Gasteiger partial charge in [0.05, 0.1) is 11.0 Å². The number of nitroso groups, excluding NO2 is 1. The summed E-state index contributed by atoms with van der Waals surface area (Å²) in [6.07, 6.45) is 0. The van der Waals surface area contributed by atoms with Gasteiger partial charge in [-0.3, -0.25) is 0 Å². The van der Waals surface area contributed by atoms with E-state index in [0.717, 1.165) is 10.6 Å². The first-order valence-corrected chi connectivity index (χ1v) is 5.63. The van der Waals surface area contributed by atoms with Crippen molar-refractivity contribution in [3.63, 3.8) is 0 Å². The topological polar surface area (TPSA) is 53.0 Å². The predicted octanol–water partition coefficient (Wildman–Crippen LogP) is 2.94. The van der Waals surface area contributed by atoms with Gasteiger partial charge in [0.25, 0.3) is 0 Å². The summed E-state index contributed by atoms with van der Waals surface area (Å²) >= 11 is 0. The summed E-state index contributed by atoms with van der Waals surface area (Å²) in [5.74, 6) is 0. The number of carbonyl (C=O) groups excluding carboxylic acids is 1. The molecule has 0 N–H and O–H groups in total. The SMILES string of the molecule is CCN(CC)C(=O)N(N=O)c1ccccc1C.